The Labute approximate surface area is 127 Å². The number of esters is 1. The van der Waals surface area contributed by atoms with Crippen LogP contribution in [0.2, 0.25) is 0 Å². The molecule has 2 aromatic rings. The maximum Gasteiger partial charge on any atom is 0.422 e. The van der Waals surface area contributed by atoms with E-state index in [1.165, 1.54) is 11.3 Å². The lowest BCUT2D eigenvalue weighted by Gasteiger charge is -2.07. The van der Waals surface area contributed by atoms with Gasteiger partial charge in [-0.25, -0.2) is 4.98 Å². The third-order valence-electron chi connectivity index (χ3n) is 2.49. The molecule has 9 heteroatoms. The van der Waals surface area contributed by atoms with Gasteiger partial charge in [-0.05, 0) is 12.1 Å². The van der Waals surface area contributed by atoms with E-state index in [2.05, 4.69) is 15.0 Å². The number of aromatic nitrogens is 1. The first kappa shape index (κ1) is 16.2. The average Bonchev–Trinajstić information content (AvgIpc) is 2.84. The standard InChI is InChI=1S/C13H11F3N2O3S/c14-13(15,16)7-21-11(20)6-5-10(19)18-12-17-8-3-1-2-4-9(8)22-12/h1-4H,5-7H2,(H,17,18,19). The van der Waals surface area contributed by atoms with E-state index >= 15 is 0 Å². The molecular weight excluding hydrogens is 321 g/mol. The highest BCUT2D eigenvalue weighted by Crippen LogP contribution is 2.25. The first-order valence-electron chi connectivity index (χ1n) is 6.21. The van der Waals surface area contributed by atoms with Gasteiger partial charge in [0.05, 0.1) is 16.6 Å². The lowest BCUT2D eigenvalue weighted by Crippen LogP contribution is -2.21. The minimum absolute atomic E-state index is 0.271. The van der Waals surface area contributed by atoms with Gasteiger partial charge in [0, 0.05) is 6.42 Å². The van der Waals surface area contributed by atoms with Crippen molar-refractivity contribution in [1.29, 1.82) is 0 Å². The van der Waals surface area contributed by atoms with Crippen LogP contribution in [-0.2, 0) is 14.3 Å². The van der Waals surface area contributed by atoms with Crippen LogP contribution < -0.4 is 5.32 Å². The summed E-state index contributed by atoms with van der Waals surface area (Å²) in [5, 5.41) is 2.87. The summed E-state index contributed by atoms with van der Waals surface area (Å²) in [5.74, 6) is -1.58. The van der Waals surface area contributed by atoms with Crippen LogP contribution in [0.15, 0.2) is 24.3 Å². The quantitative estimate of drug-likeness (QED) is 0.854. The van der Waals surface area contributed by atoms with E-state index < -0.39 is 31.1 Å². The molecule has 0 saturated heterocycles. The van der Waals surface area contributed by atoms with E-state index in [1.807, 2.05) is 18.2 Å². The fourth-order valence-corrected chi connectivity index (χ4v) is 2.44. The Morgan fingerprint density at radius 1 is 1.23 bits per heavy atom. The number of anilines is 1. The molecule has 1 amide bonds. The monoisotopic (exact) mass is 332 g/mol. The topological polar surface area (TPSA) is 68.3 Å². The summed E-state index contributed by atoms with van der Waals surface area (Å²) in [6.45, 7) is -1.65. The van der Waals surface area contributed by atoms with E-state index in [0.717, 1.165) is 10.2 Å². The summed E-state index contributed by atoms with van der Waals surface area (Å²) in [6, 6.07) is 7.28. The van der Waals surface area contributed by atoms with Crippen molar-refractivity contribution in [2.45, 2.75) is 19.0 Å². The van der Waals surface area contributed by atoms with Gasteiger partial charge >= 0.3 is 12.1 Å². The van der Waals surface area contributed by atoms with Crippen molar-refractivity contribution in [3.05, 3.63) is 24.3 Å². The molecule has 1 heterocycles. The van der Waals surface area contributed by atoms with Crippen LogP contribution >= 0.6 is 11.3 Å². The van der Waals surface area contributed by atoms with Gasteiger partial charge in [-0.15, -0.1) is 0 Å². The number of hydrogen-bond donors (Lipinski definition) is 1. The van der Waals surface area contributed by atoms with Crippen LogP contribution in [0.4, 0.5) is 18.3 Å². The number of fused-ring (bicyclic) bond motifs is 1. The normalized spacial score (nSPS) is 11.4. The summed E-state index contributed by atoms with van der Waals surface area (Å²) >= 11 is 1.27. The predicted octanol–water partition coefficient (Wildman–Crippen LogP) is 3.12. The number of hydrogen-bond acceptors (Lipinski definition) is 5. The van der Waals surface area contributed by atoms with E-state index in [-0.39, 0.29) is 6.42 Å². The Morgan fingerprint density at radius 2 is 1.95 bits per heavy atom. The first-order chi connectivity index (χ1) is 10.3. The van der Waals surface area contributed by atoms with Crippen molar-refractivity contribution < 1.29 is 27.5 Å². The van der Waals surface area contributed by atoms with E-state index in [9.17, 15) is 22.8 Å². The van der Waals surface area contributed by atoms with Gasteiger partial charge in [-0.2, -0.15) is 13.2 Å². The number of thiazole rings is 1. The number of alkyl halides is 3. The number of para-hydroxylation sites is 1. The lowest BCUT2D eigenvalue weighted by molar-refractivity contribution is -0.186. The highest BCUT2D eigenvalue weighted by Gasteiger charge is 2.29. The maximum atomic E-state index is 11.8. The summed E-state index contributed by atoms with van der Waals surface area (Å²) in [6.07, 6.45) is -5.27. The number of benzene rings is 1. The molecule has 22 heavy (non-hydrogen) atoms. The van der Waals surface area contributed by atoms with Crippen LogP contribution in [0.5, 0.6) is 0 Å². The Kier molecular flexibility index (Phi) is 4.96. The van der Waals surface area contributed by atoms with Crippen molar-refractivity contribution in [3.8, 4) is 0 Å². The summed E-state index contributed by atoms with van der Waals surface area (Å²) in [7, 11) is 0. The Morgan fingerprint density at radius 3 is 2.64 bits per heavy atom. The van der Waals surface area contributed by atoms with Crippen LogP contribution in [0.3, 0.4) is 0 Å². The minimum atomic E-state index is -4.57. The molecule has 0 radical (unpaired) electrons. The number of ether oxygens (including phenoxy) is 1. The zero-order valence-corrected chi connectivity index (χ0v) is 12.0. The number of nitrogens with one attached hydrogen (secondary N) is 1. The van der Waals surface area contributed by atoms with Crippen molar-refractivity contribution in [2.24, 2.45) is 0 Å². The van der Waals surface area contributed by atoms with Crippen molar-refractivity contribution in [2.75, 3.05) is 11.9 Å². The Hall–Kier alpha value is -2.16. The number of halogens is 3. The van der Waals surface area contributed by atoms with Crippen molar-refractivity contribution in [1.82, 2.24) is 4.98 Å². The molecular formula is C13H11F3N2O3S. The second kappa shape index (κ2) is 6.73. The third kappa shape index (κ3) is 4.99. The van der Waals surface area contributed by atoms with Gasteiger partial charge in [0.2, 0.25) is 5.91 Å². The summed E-state index contributed by atoms with van der Waals surface area (Å²) in [5.41, 5.74) is 0.729. The molecule has 0 bridgehead atoms. The van der Waals surface area contributed by atoms with Gasteiger partial charge in [-0.3, -0.25) is 9.59 Å². The van der Waals surface area contributed by atoms with Gasteiger partial charge in [0.15, 0.2) is 11.7 Å². The summed E-state index contributed by atoms with van der Waals surface area (Å²) < 4.78 is 40.4. The molecule has 0 aliphatic carbocycles. The average molecular weight is 332 g/mol. The molecule has 1 aromatic carbocycles. The Balaban J connectivity index is 1.79. The molecule has 0 aliphatic heterocycles. The molecule has 0 unspecified atom stereocenters. The number of rotatable bonds is 5. The minimum Gasteiger partial charge on any atom is -0.456 e. The molecule has 0 saturated carbocycles. The van der Waals surface area contributed by atoms with E-state index in [1.54, 1.807) is 6.07 Å². The van der Waals surface area contributed by atoms with Crippen LogP contribution in [0, 0.1) is 0 Å². The SMILES string of the molecule is O=C(CCC(=O)OCC(F)(F)F)Nc1nc2ccccc2s1. The highest BCUT2D eigenvalue weighted by atomic mass is 32.1. The molecule has 0 spiro atoms. The fraction of sp³-hybridized carbons (Fsp3) is 0.308. The molecule has 0 fully saturated rings. The molecule has 0 atom stereocenters. The first-order valence-corrected chi connectivity index (χ1v) is 7.03. The molecule has 1 N–H and O–H groups in total. The van der Waals surface area contributed by atoms with Crippen molar-refractivity contribution in [3.63, 3.8) is 0 Å². The van der Waals surface area contributed by atoms with Gasteiger partial charge < -0.3 is 10.1 Å². The van der Waals surface area contributed by atoms with E-state index in [0.29, 0.717) is 5.13 Å². The van der Waals surface area contributed by atoms with Crippen LogP contribution in [0.1, 0.15) is 12.8 Å². The van der Waals surface area contributed by atoms with E-state index in [4.69, 9.17) is 0 Å². The molecule has 0 aliphatic rings. The second-order valence-corrected chi connectivity index (χ2v) is 5.34. The Bertz CT molecular complexity index is 651. The predicted molar refractivity (Wildman–Crippen MR) is 74.5 cm³/mol. The lowest BCUT2D eigenvalue weighted by atomic mass is 10.3. The zero-order valence-electron chi connectivity index (χ0n) is 11.1. The number of nitrogens with zero attached hydrogens (tertiary/aromatic N) is 1. The fourth-order valence-electron chi connectivity index (χ4n) is 1.56. The van der Waals surface area contributed by atoms with Gasteiger partial charge in [0.1, 0.15) is 0 Å². The van der Waals surface area contributed by atoms with Crippen LogP contribution in [-0.4, -0.2) is 29.6 Å². The van der Waals surface area contributed by atoms with Gasteiger partial charge in [0.25, 0.3) is 0 Å². The molecule has 5 nitrogen and oxygen atoms in total. The van der Waals surface area contributed by atoms with Crippen LogP contribution in [0.25, 0.3) is 10.2 Å². The number of carbonyl (C=O) groups is 2. The molecule has 1 aromatic heterocycles. The number of carbonyl (C=O) groups excluding carboxylic acids is 2. The molecule has 2 rings (SSSR count). The summed E-state index contributed by atoms with van der Waals surface area (Å²) in [4.78, 5) is 26.9. The highest BCUT2D eigenvalue weighted by molar-refractivity contribution is 7.22. The maximum absolute atomic E-state index is 11.8. The molecule has 118 valence electrons. The third-order valence-corrected chi connectivity index (χ3v) is 3.45. The number of amides is 1. The van der Waals surface area contributed by atoms with Crippen molar-refractivity contribution >= 4 is 38.6 Å². The smallest absolute Gasteiger partial charge is 0.422 e. The largest absolute Gasteiger partial charge is 0.456 e. The zero-order chi connectivity index (χ0) is 16.2. The second-order valence-electron chi connectivity index (χ2n) is 4.31. The van der Waals surface area contributed by atoms with Gasteiger partial charge in [-0.1, -0.05) is 23.5 Å².